The second kappa shape index (κ2) is 5.07. The van der Waals surface area contributed by atoms with Crippen LogP contribution in [0, 0.1) is 0 Å². The molecule has 1 heterocycles. The van der Waals surface area contributed by atoms with Crippen LogP contribution in [0.2, 0.25) is 0 Å². The summed E-state index contributed by atoms with van der Waals surface area (Å²) >= 11 is 5.26. The molecule has 1 aliphatic heterocycles. The van der Waals surface area contributed by atoms with E-state index in [9.17, 15) is 9.59 Å². The van der Waals surface area contributed by atoms with Crippen LogP contribution in [0.25, 0.3) is 0 Å². The predicted octanol–water partition coefficient (Wildman–Crippen LogP) is -0.0362. The van der Waals surface area contributed by atoms with E-state index >= 15 is 0 Å². The Hall–Kier alpha value is -0.770. The minimum Gasteiger partial charge on any atom is -0.346 e. The summed E-state index contributed by atoms with van der Waals surface area (Å²) in [5, 5.41) is 2.45. The number of likely N-dealkylation sites (tertiary alicyclic amines) is 1. The molecule has 74 valence electrons. The number of nitrogens with zero attached hydrogens (tertiary/aromatic N) is 1. The highest BCUT2D eigenvalue weighted by Crippen LogP contribution is 2.06. The SMILES string of the molecule is O=C(CCl)NCC(=O)N1CCCC1. The van der Waals surface area contributed by atoms with Gasteiger partial charge in [0.1, 0.15) is 5.88 Å². The molecule has 0 spiro atoms. The Labute approximate surface area is 82.2 Å². The first kappa shape index (κ1) is 10.3. The quantitative estimate of drug-likeness (QED) is 0.657. The molecule has 2 amide bonds. The lowest BCUT2D eigenvalue weighted by Gasteiger charge is -2.14. The molecule has 1 saturated heterocycles. The van der Waals surface area contributed by atoms with Gasteiger partial charge in [0.05, 0.1) is 6.54 Å². The minimum absolute atomic E-state index is 0.0176. The topological polar surface area (TPSA) is 49.4 Å². The molecule has 1 rings (SSSR count). The zero-order valence-electron chi connectivity index (χ0n) is 7.38. The van der Waals surface area contributed by atoms with Gasteiger partial charge in [-0.15, -0.1) is 11.6 Å². The van der Waals surface area contributed by atoms with Crippen LogP contribution in [0.4, 0.5) is 0 Å². The van der Waals surface area contributed by atoms with Crippen LogP contribution < -0.4 is 5.32 Å². The molecule has 1 aliphatic rings. The maximum absolute atomic E-state index is 11.3. The largest absolute Gasteiger partial charge is 0.346 e. The summed E-state index contributed by atoms with van der Waals surface area (Å²) in [6, 6.07) is 0. The van der Waals surface area contributed by atoms with Crippen molar-refractivity contribution in [2.24, 2.45) is 0 Å². The van der Waals surface area contributed by atoms with Crippen LogP contribution in [0.1, 0.15) is 12.8 Å². The van der Waals surface area contributed by atoms with Crippen molar-refractivity contribution in [2.75, 3.05) is 25.5 Å². The third-order valence-corrected chi connectivity index (χ3v) is 2.26. The summed E-state index contributed by atoms with van der Waals surface area (Å²) in [4.78, 5) is 23.8. The van der Waals surface area contributed by atoms with E-state index in [0.29, 0.717) is 0 Å². The van der Waals surface area contributed by atoms with E-state index in [4.69, 9.17) is 11.6 Å². The number of rotatable bonds is 3. The Bertz CT molecular complexity index is 202. The Morgan fingerprint density at radius 1 is 1.31 bits per heavy atom. The lowest BCUT2D eigenvalue weighted by atomic mass is 10.4. The zero-order chi connectivity index (χ0) is 9.68. The lowest BCUT2D eigenvalue weighted by molar-refractivity contribution is -0.131. The van der Waals surface area contributed by atoms with Crippen LogP contribution >= 0.6 is 11.6 Å². The van der Waals surface area contributed by atoms with E-state index in [1.54, 1.807) is 4.90 Å². The van der Waals surface area contributed by atoms with Crippen molar-refractivity contribution in [2.45, 2.75) is 12.8 Å². The van der Waals surface area contributed by atoms with Crippen molar-refractivity contribution in [1.82, 2.24) is 10.2 Å². The summed E-state index contributed by atoms with van der Waals surface area (Å²) in [6.07, 6.45) is 2.13. The minimum atomic E-state index is -0.297. The Balaban J connectivity index is 2.20. The van der Waals surface area contributed by atoms with E-state index < -0.39 is 0 Å². The molecule has 0 bridgehead atoms. The van der Waals surface area contributed by atoms with Crippen LogP contribution in [-0.2, 0) is 9.59 Å². The molecular formula is C8H13ClN2O2. The van der Waals surface area contributed by atoms with E-state index in [2.05, 4.69) is 5.32 Å². The van der Waals surface area contributed by atoms with Gasteiger partial charge >= 0.3 is 0 Å². The third kappa shape index (κ3) is 3.22. The van der Waals surface area contributed by atoms with Crippen molar-refractivity contribution in [3.63, 3.8) is 0 Å². The fourth-order valence-corrected chi connectivity index (χ4v) is 1.39. The highest BCUT2D eigenvalue weighted by molar-refractivity contribution is 6.27. The van der Waals surface area contributed by atoms with Crippen molar-refractivity contribution in [1.29, 1.82) is 0 Å². The molecule has 0 unspecified atom stereocenters. The summed E-state index contributed by atoms with van der Waals surface area (Å²) in [7, 11) is 0. The number of halogens is 1. The first-order valence-corrected chi connectivity index (χ1v) is 4.88. The van der Waals surface area contributed by atoms with Crippen molar-refractivity contribution in [3.05, 3.63) is 0 Å². The number of carbonyl (C=O) groups excluding carboxylic acids is 2. The fourth-order valence-electron chi connectivity index (χ4n) is 1.30. The predicted molar refractivity (Wildman–Crippen MR) is 49.5 cm³/mol. The van der Waals surface area contributed by atoms with Gasteiger partial charge in [0, 0.05) is 13.1 Å². The fraction of sp³-hybridized carbons (Fsp3) is 0.750. The Morgan fingerprint density at radius 3 is 2.46 bits per heavy atom. The molecule has 0 saturated carbocycles. The average molecular weight is 205 g/mol. The molecule has 0 aliphatic carbocycles. The second-order valence-electron chi connectivity index (χ2n) is 3.00. The Kier molecular flexibility index (Phi) is 4.02. The third-order valence-electron chi connectivity index (χ3n) is 2.02. The van der Waals surface area contributed by atoms with Gasteiger partial charge in [0.15, 0.2) is 0 Å². The average Bonchev–Trinajstić information content (AvgIpc) is 2.66. The van der Waals surface area contributed by atoms with Gasteiger partial charge < -0.3 is 10.2 Å². The monoisotopic (exact) mass is 204 g/mol. The van der Waals surface area contributed by atoms with E-state index in [0.717, 1.165) is 25.9 Å². The van der Waals surface area contributed by atoms with Crippen LogP contribution in [0.5, 0.6) is 0 Å². The maximum Gasteiger partial charge on any atom is 0.241 e. The van der Waals surface area contributed by atoms with Crippen molar-refractivity contribution >= 4 is 23.4 Å². The van der Waals surface area contributed by atoms with E-state index in [1.807, 2.05) is 0 Å². The number of nitrogens with one attached hydrogen (secondary N) is 1. The molecule has 5 heteroatoms. The number of hydrogen-bond donors (Lipinski definition) is 1. The highest BCUT2D eigenvalue weighted by Gasteiger charge is 2.17. The molecule has 4 nitrogen and oxygen atoms in total. The summed E-state index contributed by atoms with van der Waals surface area (Å²) in [6.45, 7) is 1.71. The van der Waals surface area contributed by atoms with Gasteiger partial charge in [-0.2, -0.15) is 0 Å². The summed E-state index contributed by atoms with van der Waals surface area (Å²) < 4.78 is 0. The molecule has 0 radical (unpaired) electrons. The van der Waals surface area contributed by atoms with Gasteiger partial charge in [-0.3, -0.25) is 9.59 Å². The van der Waals surface area contributed by atoms with Crippen LogP contribution in [-0.4, -0.2) is 42.2 Å². The number of amides is 2. The molecule has 1 N–H and O–H groups in total. The first-order chi connectivity index (χ1) is 6.24. The van der Waals surface area contributed by atoms with Crippen molar-refractivity contribution < 1.29 is 9.59 Å². The molecule has 1 fully saturated rings. The highest BCUT2D eigenvalue weighted by atomic mass is 35.5. The van der Waals surface area contributed by atoms with Crippen LogP contribution in [0.15, 0.2) is 0 Å². The number of alkyl halides is 1. The Morgan fingerprint density at radius 2 is 1.92 bits per heavy atom. The lowest BCUT2D eigenvalue weighted by Crippen LogP contribution is -2.39. The van der Waals surface area contributed by atoms with E-state index in [1.165, 1.54) is 0 Å². The first-order valence-electron chi connectivity index (χ1n) is 4.34. The van der Waals surface area contributed by atoms with Gasteiger partial charge in [-0.1, -0.05) is 0 Å². The maximum atomic E-state index is 11.3. The molecule has 0 aromatic carbocycles. The van der Waals surface area contributed by atoms with Crippen molar-refractivity contribution in [3.8, 4) is 0 Å². The van der Waals surface area contributed by atoms with Gasteiger partial charge in [-0.05, 0) is 12.8 Å². The zero-order valence-corrected chi connectivity index (χ0v) is 8.14. The van der Waals surface area contributed by atoms with E-state index in [-0.39, 0.29) is 24.2 Å². The smallest absolute Gasteiger partial charge is 0.241 e. The molecule has 0 atom stereocenters. The molecule has 13 heavy (non-hydrogen) atoms. The van der Waals surface area contributed by atoms with Gasteiger partial charge in [0.25, 0.3) is 0 Å². The second-order valence-corrected chi connectivity index (χ2v) is 3.27. The molecule has 0 aromatic heterocycles. The number of hydrogen-bond acceptors (Lipinski definition) is 2. The van der Waals surface area contributed by atoms with Gasteiger partial charge in [-0.25, -0.2) is 0 Å². The molecular weight excluding hydrogens is 192 g/mol. The van der Waals surface area contributed by atoms with Gasteiger partial charge in [0.2, 0.25) is 11.8 Å². The standard InChI is InChI=1S/C8H13ClN2O2/c9-5-7(12)10-6-8(13)11-3-1-2-4-11/h1-6H2,(H,10,12). The molecule has 0 aromatic rings. The normalized spacial score (nSPS) is 15.9. The van der Waals surface area contributed by atoms with Crippen LogP contribution in [0.3, 0.4) is 0 Å². The number of carbonyl (C=O) groups is 2. The summed E-state index contributed by atoms with van der Waals surface area (Å²) in [5.41, 5.74) is 0. The summed E-state index contributed by atoms with van der Waals surface area (Å²) in [5.74, 6) is -0.405.